The number of amides is 1. The molecule has 2 aromatic carbocycles. The van der Waals surface area contributed by atoms with Crippen molar-refractivity contribution in [1.82, 2.24) is 10.3 Å². The van der Waals surface area contributed by atoms with Crippen molar-refractivity contribution in [2.24, 2.45) is 0 Å². The van der Waals surface area contributed by atoms with Crippen molar-refractivity contribution < 1.29 is 18.7 Å². The number of rotatable bonds is 6. The fraction of sp³-hybridized carbons (Fsp3) is 0.304. The standard InChI is InChI=1S/C23H23FN2O3/c1-14-4-6-16(28-3)10-19(14)22(27)26-23(8-9-23)20-11-17(29-13-24)12-21-18(20)7-5-15(2)25-21/h4-7,10-12H,8-9,13H2,1-3H3,(H,26,27). The predicted octanol–water partition coefficient (Wildman–Crippen LogP) is 4.59. The van der Waals surface area contributed by atoms with E-state index in [2.05, 4.69) is 10.3 Å². The third-order valence-electron chi connectivity index (χ3n) is 5.45. The number of nitrogens with one attached hydrogen (secondary N) is 1. The summed E-state index contributed by atoms with van der Waals surface area (Å²) in [4.78, 5) is 17.7. The van der Waals surface area contributed by atoms with Crippen LogP contribution in [0.2, 0.25) is 0 Å². The van der Waals surface area contributed by atoms with Crippen LogP contribution in [0.4, 0.5) is 4.39 Å². The van der Waals surface area contributed by atoms with Crippen molar-refractivity contribution in [2.75, 3.05) is 14.0 Å². The Morgan fingerprint density at radius 2 is 1.93 bits per heavy atom. The van der Waals surface area contributed by atoms with Crippen molar-refractivity contribution in [2.45, 2.75) is 32.2 Å². The van der Waals surface area contributed by atoms with Gasteiger partial charge >= 0.3 is 0 Å². The second kappa shape index (κ2) is 7.35. The van der Waals surface area contributed by atoms with Gasteiger partial charge in [0.05, 0.1) is 18.2 Å². The van der Waals surface area contributed by atoms with Gasteiger partial charge in [-0.2, -0.15) is 0 Å². The first-order chi connectivity index (χ1) is 14.0. The number of ether oxygens (including phenoxy) is 2. The van der Waals surface area contributed by atoms with Gasteiger partial charge in [0.15, 0.2) is 0 Å². The maximum atomic E-state index is 13.1. The van der Waals surface area contributed by atoms with E-state index < -0.39 is 12.4 Å². The second-order valence-corrected chi connectivity index (χ2v) is 7.46. The van der Waals surface area contributed by atoms with E-state index in [4.69, 9.17) is 9.47 Å². The monoisotopic (exact) mass is 394 g/mol. The van der Waals surface area contributed by atoms with Crippen LogP contribution in [0.1, 0.15) is 40.0 Å². The molecule has 1 aliphatic carbocycles. The van der Waals surface area contributed by atoms with E-state index in [1.165, 1.54) is 0 Å². The summed E-state index contributed by atoms with van der Waals surface area (Å²) < 4.78 is 23.2. The van der Waals surface area contributed by atoms with Gasteiger partial charge < -0.3 is 14.8 Å². The van der Waals surface area contributed by atoms with Gasteiger partial charge in [-0.05, 0) is 62.1 Å². The molecule has 5 nitrogen and oxygen atoms in total. The fourth-order valence-electron chi connectivity index (χ4n) is 3.70. The molecule has 0 spiro atoms. The smallest absolute Gasteiger partial charge is 0.252 e. The third kappa shape index (κ3) is 3.62. The van der Waals surface area contributed by atoms with E-state index in [1.807, 2.05) is 44.2 Å². The number of hydrogen-bond acceptors (Lipinski definition) is 4. The van der Waals surface area contributed by atoms with Crippen LogP contribution in [0.25, 0.3) is 10.9 Å². The zero-order valence-electron chi connectivity index (χ0n) is 16.7. The van der Waals surface area contributed by atoms with Crippen molar-refractivity contribution in [1.29, 1.82) is 0 Å². The topological polar surface area (TPSA) is 60.5 Å². The minimum atomic E-state index is -0.918. The Labute approximate surface area is 168 Å². The van der Waals surface area contributed by atoms with Crippen LogP contribution in [0.3, 0.4) is 0 Å². The molecule has 1 amide bonds. The lowest BCUT2D eigenvalue weighted by Gasteiger charge is -2.22. The molecule has 0 saturated heterocycles. The number of halogens is 1. The van der Waals surface area contributed by atoms with Crippen LogP contribution in [-0.2, 0) is 5.54 Å². The van der Waals surface area contributed by atoms with Gasteiger partial charge in [0.1, 0.15) is 11.5 Å². The van der Waals surface area contributed by atoms with E-state index in [0.29, 0.717) is 17.1 Å². The number of alkyl halides is 1. The van der Waals surface area contributed by atoms with Crippen molar-refractivity contribution >= 4 is 16.8 Å². The Morgan fingerprint density at radius 3 is 2.62 bits per heavy atom. The number of carbonyl (C=O) groups is 1. The fourth-order valence-corrected chi connectivity index (χ4v) is 3.70. The highest BCUT2D eigenvalue weighted by Crippen LogP contribution is 2.49. The molecule has 29 heavy (non-hydrogen) atoms. The Bertz CT molecular complexity index is 1090. The molecular formula is C23H23FN2O3. The summed E-state index contributed by atoms with van der Waals surface area (Å²) in [6, 6.07) is 12.9. The molecule has 6 heteroatoms. The Kier molecular flexibility index (Phi) is 4.86. The lowest BCUT2D eigenvalue weighted by atomic mass is 9.97. The normalized spacial score (nSPS) is 14.5. The number of aryl methyl sites for hydroxylation is 2. The minimum absolute atomic E-state index is 0.163. The maximum absolute atomic E-state index is 13.1. The van der Waals surface area contributed by atoms with Crippen molar-refractivity contribution in [3.8, 4) is 11.5 Å². The Hall–Kier alpha value is -3.15. The molecule has 3 aromatic rings. The number of nitrogens with zero attached hydrogens (tertiary/aromatic N) is 1. The van der Waals surface area contributed by atoms with E-state index in [-0.39, 0.29) is 5.91 Å². The molecule has 1 fully saturated rings. The molecule has 1 saturated carbocycles. The average molecular weight is 394 g/mol. The maximum Gasteiger partial charge on any atom is 0.252 e. The highest BCUT2D eigenvalue weighted by Gasteiger charge is 2.47. The molecule has 1 aliphatic rings. The number of pyridine rings is 1. The lowest BCUT2D eigenvalue weighted by molar-refractivity contribution is 0.0930. The molecule has 0 aliphatic heterocycles. The third-order valence-corrected chi connectivity index (χ3v) is 5.45. The summed E-state index contributed by atoms with van der Waals surface area (Å²) in [7, 11) is 1.58. The summed E-state index contributed by atoms with van der Waals surface area (Å²) in [5, 5.41) is 4.13. The highest BCUT2D eigenvalue weighted by molar-refractivity contribution is 5.97. The molecule has 0 radical (unpaired) electrons. The van der Waals surface area contributed by atoms with Gasteiger partial charge in [-0.1, -0.05) is 12.1 Å². The zero-order chi connectivity index (χ0) is 20.6. The van der Waals surface area contributed by atoms with Crippen LogP contribution < -0.4 is 14.8 Å². The van der Waals surface area contributed by atoms with Crippen molar-refractivity contribution in [3.63, 3.8) is 0 Å². The number of benzene rings is 2. The first kappa shape index (κ1) is 19.2. The number of carbonyl (C=O) groups excluding carboxylic acids is 1. The first-order valence-corrected chi connectivity index (χ1v) is 9.53. The molecular weight excluding hydrogens is 371 g/mol. The molecule has 0 unspecified atom stereocenters. The largest absolute Gasteiger partial charge is 0.497 e. The summed E-state index contributed by atoms with van der Waals surface area (Å²) in [5.41, 5.74) is 3.42. The summed E-state index contributed by atoms with van der Waals surface area (Å²) >= 11 is 0. The van der Waals surface area contributed by atoms with Gasteiger partial charge in [0, 0.05) is 22.7 Å². The van der Waals surface area contributed by atoms with Gasteiger partial charge in [0.25, 0.3) is 5.91 Å². The summed E-state index contributed by atoms with van der Waals surface area (Å²) in [6.45, 7) is 2.88. The highest BCUT2D eigenvalue weighted by atomic mass is 19.1. The second-order valence-electron chi connectivity index (χ2n) is 7.46. The average Bonchev–Trinajstić information content (AvgIpc) is 3.48. The van der Waals surface area contributed by atoms with Gasteiger partial charge in [0.2, 0.25) is 6.86 Å². The molecule has 0 bridgehead atoms. The number of aromatic nitrogens is 1. The van der Waals surface area contributed by atoms with Gasteiger partial charge in [-0.15, -0.1) is 0 Å². The number of hydrogen-bond donors (Lipinski definition) is 1. The number of fused-ring (bicyclic) bond motifs is 1. The molecule has 1 heterocycles. The summed E-state index contributed by atoms with van der Waals surface area (Å²) in [6.07, 6.45) is 1.59. The van der Waals surface area contributed by atoms with E-state index >= 15 is 0 Å². The van der Waals surface area contributed by atoms with Crippen LogP contribution in [-0.4, -0.2) is 24.9 Å². The zero-order valence-corrected chi connectivity index (χ0v) is 16.7. The molecule has 150 valence electrons. The van der Waals surface area contributed by atoms with E-state index in [1.54, 1.807) is 19.2 Å². The molecule has 1 aromatic heterocycles. The molecule has 1 N–H and O–H groups in total. The minimum Gasteiger partial charge on any atom is -0.497 e. The van der Waals surface area contributed by atoms with Crippen molar-refractivity contribution in [3.05, 3.63) is 64.8 Å². The Morgan fingerprint density at radius 1 is 1.14 bits per heavy atom. The first-order valence-electron chi connectivity index (χ1n) is 9.53. The molecule has 4 rings (SSSR count). The molecule has 0 atom stereocenters. The SMILES string of the molecule is COc1ccc(C)c(C(=O)NC2(c3cc(OCF)cc4nc(C)ccc34)CC2)c1. The lowest BCUT2D eigenvalue weighted by Crippen LogP contribution is -2.35. The van der Waals surface area contributed by atoms with Crippen LogP contribution >= 0.6 is 0 Å². The van der Waals surface area contributed by atoms with Crippen LogP contribution in [0.5, 0.6) is 11.5 Å². The quantitative estimate of drug-likeness (QED) is 0.665. The predicted molar refractivity (Wildman–Crippen MR) is 109 cm³/mol. The van der Waals surface area contributed by atoms with Gasteiger partial charge in [-0.3, -0.25) is 9.78 Å². The van der Waals surface area contributed by atoms with Crippen LogP contribution in [0.15, 0.2) is 42.5 Å². The van der Waals surface area contributed by atoms with E-state index in [0.717, 1.165) is 40.6 Å². The number of methoxy groups -OCH3 is 1. The summed E-state index contributed by atoms with van der Waals surface area (Å²) in [5.74, 6) is 0.879. The van der Waals surface area contributed by atoms with Crippen LogP contribution in [0, 0.1) is 13.8 Å². The van der Waals surface area contributed by atoms with Gasteiger partial charge in [-0.25, -0.2) is 4.39 Å². The van der Waals surface area contributed by atoms with E-state index in [9.17, 15) is 9.18 Å². The Balaban J connectivity index is 1.74.